The SMILES string of the molecule is CCCC(C)Oc1nc(NC)nc2sc(CC)cc12. The summed E-state index contributed by atoms with van der Waals surface area (Å²) in [6.45, 7) is 6.40. The van der Waals surface area contributed by atoms with Crippen LogP contribution in [-0.2, 0) is 6.42 Å². The summed E-state index contributed by atoms with van der Waals surface area (Å²) in [7, 11) is 1.83. The number of aryl methyl sites for hydroxylation is 1. The predicted octanol–water partition coefficient (Wildman–Crippen LogP) is 3.86. The number of ether oxygens (including phenoxy) is 1. The van der Waals surface area contributed by atoms with Gasteiger partial charge in [-0.05, 0) is 25.8 Å². The Bertz CT molecular complexity index is 553. The van der Waals surface area contributed by atoms with Crippen molar-refractivity contribution in [1.29, 1.82) is 0 Å². The highest BCUT2D eigenvalue weighted by Gasteiger charge is 2.14. The molecule has 0 fully saturated rings. The fourth-order valence-corrected chi connectivity index (χ4v) is 2.93. The molecule has 19 heavy (non-hydrogen) atoms. The molecule has 0 aliphatic rings. The first-order chi connectivity index (χ1) is 9.17. The lowest BCUT2D eigenvalue weighted by Crippen LogP contribution is -2.12. The van der Waals surface area contributed by atoms with Crippen molar-refractivity contribution in [2.24, 2.45) is 0 Å². The summed E-state index contributed by atoms with van der Waals surface area (Å²) in [5, 5.41) is 4.03. The standard InChI is InChI=1S/C14H21N3OS/c1-5-7-9(3)18-12-11-8-10(6-2)19-13(11)17-14(15-4)16-12/h8-9H,5-7H2,1-4H3,(H,15,16,17). The van der Waals surface area contributed by atoms with Crippen LogP contribution in [0.1, 0.15) is 38.5 Å². The molecule has 4 nitrogen and oxygen atoms in total. The first kappa shape index (κ1) is 14.1. The van der Waals surface area contributed by atoms with Gasteiger partial charge in [0.1, 0.15) is 4.83 Å². The van der Waals surface area contributed by atoms with Crippen molar-refractivity contribution in [3.8, 4) is 5.88 Å². The topological polar surface area (TPSA) is 47.0 Å². The van der Waals surface area contributed by atoms with Crippen LogP contribution in [-0.4, -0.2) is 23.1 Å². The molecular weight excluding hydrogens is 258 g/mol. The van der Waals surface area contributed by atoms with E-state index in [2.05, 4.69) is 42.1 Å². The Hall–Kier alpha value is -1.36. The third kappa shape index (κ3) is 3.15. The zero-order chi connectivity index (χ0) is 13.8. The number of anilines is 1. The molecule has 0 aromatic carbocycles. The summed E-state index contributed by atoms with van der Waals surface area (Å²) in [4.78, 5) is 11.2. The molecule has 104 valence electrons. The zero-order valence-corrected chi connectivity index (χ0v) is 12.8. The number of rotatable bonds is 6. The fourth-order valence-electron chi connectivity index (χ4n) is 1.98. The quantitative estimate of drug-likeness (QED) is 0.872. The van der Waals surface area contributed by atoms with Crippen LogP contribution in [0, 0.1) is 0 Å². The van der Waals surface area contributed by atoms with Gasteiger partial charge in [-0.3, -0.25) is 0 Å². The molecule has 0 aliphatic carbocycles. The van der Waals surface area contributed by atoms with Gasteiger partial charge < -0.3 is 10.1 Å². The van der Waals surface area contributed by atoms with Gasteiger partial charge in [0, 0.05) is 11.9 Å². The lowest BCUT2D eigenvalue weighted by atomic mass is 10.2. The number of nitrogens with one attached hydrogen (secondary N) is 1. The maximum absolute atomic E-state index is 5.98. The van der Waals surface area contributed by atoms with Gasteiger partial charge in [-0.2, -0.15) is 4.98 Å². The monoisotopic (exact) mass is 279 g/mol. The summed E-state index contributed by atoms with van der Waals surface area (Å²) in [5.41, 5.74) is 0. The maximum Gasteiger partial charge on any atom is 0.227 e. The lowest BCUT2D eigenvalue weighted by molar-refractivity contribution is 0.204. The van der Waals surface area contributed by atoms with Gasteiger partial charge in [0.2, 0.25) is 11.8 Å². The second kappa shape index (κ2) is 6.19. The Balaban J connectivity index is 2.41. The summed E-state index contributed by atoms with van der Waals surface area (Å²) in [6.07, 6.45) is 3.33. The van der Waals surface area contributed by atoms with Gasteiger partial charge in [-0.15, -0.1) is 11.3 Å². The molecular formula is C14H21N3OS. The van der Waals surface area contributed by atoms with Gasteiger partial charge in [-0.1, -0.05) is 20.3 Å². The van der Waals surface area contributed by atoms with E-state index in [0.29, 0.717) is 11.8 Å². The largest absolute Gasteiger partial charge is 0.474 e. The van der Waals surface area contributed by atoms with Crippen LogP contribution in [0.3, 0.4) is 0 Å². The first-order valence-electron chi connectivity index (χ1n) is 6.82. The molecule has 2 aromatic heterocycles. The Labute approximate surface area is 118 Å². The molecule has 1 atom stereocenters. The molecule has 0 radical (unpaired) electrons. The van der Waals surface area contributed by atoms with Gasteiger partial charge >= 0.3 is 0 Å². The second-order valence-corrected chi connectivity index (χ2v) is 5.72. The average Bonchev–Trinajstić information content (AvgIpc) is 2.82. The Morgan fingerprint density at radius 2 is 2.16 bits per heavy atom. The van der Waals surface area contributed by atoms with E-state index in [1.54, 1.807) is 11.3 Å². The molecule has 1 unspecified atom stereocenters. The van der Waals surface area contributed by atoms with Crippen LogP contribution in [0.5, 0.6) is 5.88 Å². The Morgan fingerprint density at radius 3 is 2.79 bits per heavy atom. The Kier molecular flexibility index (Phi) is 4.58. The third-order valence-corrected chi connectivity index (χ3v) is 4.16. The van der Waals surface area contributed by atoms with Crippen molar-refractivity contribution in [2.75, 3.05) is 12.4 Å². The van der Waals surface area contributed by atoms with Crippen molar-refractivity contribution >= 4 is 27.5 Å². The summed E-state index contributed by atoms with van der Waals surface area (Å²) in [6, 6.07) is 2.15. The predicted molar refractivity (Wildman–Crippen MR) is 81.3 cm³/mol. The van der Waals surface area contributed by atoms with E-state index in [0.717, 1.165) is 29.5 Å². The average molecular weight is 279 g/mol. The molecule has 1 N–H and O–H groups in total. The molecule has 0 saturated carbocycles. The minimum absolute atomic E-state index is 0.179. The van der Waals surface area contributed by atoms with E-state index < -0.39 is 0 Å². The lowest BCUT2D eigenvalue weighted by Gasteiger charge is -2.14. The highest BCUT2D eigenvalue weighted by Crippen LogP contribution is 2.32. The number of aromatic nitrogens is 2. The highest BCUT2D eigenvalue weighted by molar-refractivity contribution is 7.18. The maximum atomic E-state index is 5.98. The number of hydrogen-bond acceptors (Lipinski definition) is 5. The van der Waals surface area contributed by atoms with E-state index in [1.165, 1.54) is 4.88 Å². The second-order valence-electron chi connectivity index (χ2n) is 4.60. The molecule has 5 heteroatoms. The summed E-state index contributed by atoms with van der Waals surface area (Å²) < 4.78 is 5.98. The zero-order valence-electron chi connectivity index (χ0n) is 12.0. The molecule has 0 aliphatic heterocycles. The van der Waals surface area contributed by atoms with Crippen molar-refractivity contribution in [3.05, 3.63) is 10.9 Å². The van der Waals surface area contributed by atoms with E-state index >= 15 is 0 Å². The van der Waals surface area contributed by atoms with Gasteiger partial charge in [0.05, 0.1) is 11.5 Å². The van der Waals surface area contributed by atoms with Crippen LogP contribution in [0.2, 0.25) is 0 Å². The van der Waals surface area contributed by atoms with Gasteiger partial charge in [-0.25, -0.2) is 4.98 Å². The normalized spacial score (nSPS) is 12.6. The minimum atomic E-state index is 0.179. The minimum Gasteiger partial charge on any atom is -0.474 e. The molecule has 2 aromatic rings. The van der Waals surface area contributed by atoms with E-state index in [1.807, 2.05) is 7.05 Å². The highest BCUT2D eigenvalue weighted by atomic mass is 32.1. The van der Waals surface area contributed by atoms with Crippen LogP contribution in [0.4, 0.5) is 5.95 Å². The first-order valence-corrected chi connectivity index (χ1v) is 7.64. The Morgan fingerprint density at radius 1 is 1.37 bits per heavy atom. The molecule has 0 amide bonds. The molecule has 0 bridgehead atoms. The third-order valence-electron chi connectivity index (χ3n) is 2.99. The van der Waals surface area contributed by atoms with E-state index in [9.17, 15) is 0 Å². The van der Waals surface area contributed by atoms with Crippen LogP contribution in [0.25, 0.3) is 10.2 Å². The van der Waals surface area contributed by atoms with E-state index in [4.69, 9.17) is 4.74 Å². The molecule has 0 spiro atoms. The number of hydrogen-bond donors (Lipinski definition) is 1. The van der Waals surface area contributed by atoms with Crippen LogP contribution >= 0.6 is 11.3 Å². The van der Waals surface area contributed by atoms with Gasteiger partial charge in [0.25, 0.3) is 0 Å². The summed E-state index contributed by atoms with van der Waals surface area (Å²) >= 11 is 1.71. The van der Waals surface area contributed by atoms with Crippen molar-refractivity contribution < 1.29 is 4.74 Å². The van der Waals surface area contributed by atoms with Crippen molar-refractivity contribution in [1.82, 2.24) is 9.97 Å². The van der Waals surface area contributed by atoms with Crippen LogP contribution < -0.4 is 10.1 Å². The fraction of sp³-hybridized carbons (Fsp3) is 0.571. The molecule has 0 saturated heterocycles. The number of fused-ring (bicyclic) bond motifs is 1. The van der Waals surface area contributed by atoms with Crippen molar-refractivity contribution in [2.45, 2.75) is 46.1 Å². The van der Waals surface area contributed by atoms with Crippen LogP contribution in [0.15, 0.2) is 6.07 Å². The van der Waals surface area contributed by atoms with E-state index in [-0.39, 0.29) is 6.10 Å². The smallest absolute Gasteiger partial charge is 0.227 e. The van der Waals surface area contributed by atoms with Gasteiger partial charge in [0.15, 0.2) is 0 Å². The number of thiophene rings is 1. The molecule has 2 heterocycles. The number of nitrogens with zero attached hydrogens (tertiary/aromatic N) is 2. The molecule has 2 rings (SSSR count). The van der Waals surface area contributed by atoms with Crippen molar-refractivity contribution in [3.63, 3.8) is 0 Å². The summed E-state index contributed by atoms with van der Waals surface area (Å²) in [5.74, 6) is 1.32.